The van der Waals surface area contributed by atoms with Crippen LogP contribution in [0.1, 0.15) is 5.56 Å². The van der Waals surface area contributed by atoms with Gasteiger partial charge in [0.15, 0.2) is 0 Å². The largest absolute Gasteiger partial charge is 0.353 e. The smallest absolute Gasteiger partial charge is 0.322 e. The number of imide groups is 1. The quantitative estimate of drug-likeness (QED) is 0.653. The van der Waals surface area contributed by atoms with Crippen molar-refractivity contribution in [1.82, 2.24) is 16.0 Å². The SMILES string of the molecule is O=C(Cc1cccc(F)c1)NCC1NC(=O)NC1=O. The normalized spacial score (nSPS) is 17.8. The Labute approximate surface area is 108 Å². The van der Waals surface area contributed by atoms with Crippen molar-refractivity contribution in [3.8, 4) is 0 Å². The molecular formula is C12H12FN3O3. The van der Waals surface area contributed by atoms with E-state index in [0.29, 0.717) is 5.56 Å². The van der Waals surface area contributed by atoms with Gasteiger partial charge in [-0.25, -0.2) is 9.18 Å². The Hall–Kier alpha value is -2.44. The summed E-state index contributed by atoms with van der Waals surface area (Å²) in [6.45, 7) is 0.00568. The molecule has 1 aromatic rings. The topological polar surface area (TPSA) is 87.3 Å². The number of carbonyl (C=O) groups excluding carboxylic acids is 3. The molecule has 1 saturated heterocycles. The monoisotopic (exact) mass is 265 g/mol. The number of amides is 4. The van der Waals surface area contributed by atoms with Gasteiger partial charge in [0.05, 0.1) is 6.42 Å². The first-order valence-corrected chi connectivity index (χ1v) is 5.67. The molecule has 1 unspecified atom stereocenters. The number of nitrogens with one attached hydrogen (secondary N) is 3. The number of urea groups is 1. The molecule has 1 aromatic carbocycles. The lowest BCUT2D eigenvalue weighted by atomic mass is 10.1. The molecule has 0 saturated carbocycles. The van der Waals surface area contributed by atoms with Gasteiger partial charge >= 0.3 is 6.03 Å². The summed E-state index contributed by atoms with van der Waals surface area (Å²) in [7, 11) is 0. The minimum Gasteiger partial charge on any atom is -0.353 e. The highest BCUT2D eigenvalue weighted by atomic mass is 19.1. The number of halogens is 1. The molecule has 6 nitrogen and oxygen atoms in total. The molecule has 2 rings (SSSR count). The summed E-state index contributed by atoms with van der Waals surface area (Å²) in [6, 6.07) is 4.37. The van der Waals surface area contributed by atoms with Gasteiger partial charge in [0.25, 0.3) is 5.91 Å². The zero-order chi connectivity index (χ0) is 13.8. The summed E-state index contributed by atoms with van der Waals surface area (Å²) in [5.74, 6) is -1.23. The van der Waals surface area contributed by atoms with Crippen molar-refractivity contribution in [1.29, 1.82) is 0 Å². The zero-order valence-corrected chi connectivity index (χ0v) is 9.90. The maximum atomic E-state index is 12.9. The van der Waals surface area contributed by atoms with Crippen molar-refractivity contribution in [2.75, 3.05) is 6.54 Å². The first-order valence-electron chi connectivity index (χ1n) is 5.67. The van der Waals surface area contributed by atoms with Crippen molar-refractivity contribution in [3.63, 3.8) is 0 Å². The average Bonchev–Trinajstić information content (AvgIpc) is 2.65. The molecule has 1 aliphatic rings. The summed E-state index contributed by atoms with van der Waals surface area (Å²) >= 11 is 0. The van der Waals surface area contributed by atoms with Crippen LogP contribution in [0.4, 0.5) is 9.18 Å². The second-order valence-corrected chi connectivity index (χ2v) is 4.13. The molecule has 0 aliphatic carbocycles. The lowest BCUT2D eigenvalue weighted by Crippen LogP contribution is -2.42. The van der Waals surface area contributed by atoms with E-state index in [9.17, 15) is 18.8 Å². The maximum Gasteiger partial charge on any atom is 0.322 e. The van der Waals surface area contributed by atoms with E-state index in [4.69, 9.17) is 0 Å². The Kier molecular flexibility index (Phi) is 3.74. The summed E-state index contributed by atoms with van der Waals surface area (Å²) in [5.41, 5.74) is 0.539. The van der Waals surface area contributed by atoms with Crippen LogP contribution in [-0.4, -0.2) is 30.4 Å². The van der Waals surface area contributed by atoms with E-state index >= 15 is 0 Å². The molecule has 1 heterocycles. The van der Waals surface area contributed by atoms with Crippen LogP contribution in [0.15, 0.2) is 24.3 Å². The second kappa shape index (κ2) is 5.47. The van der Waals surface area contributed by atoms with Crippen molar-refractivity contribution in [3.05, 3.63) is 35.6 Å². The van der Waals surface area contributed by atoms with E-state index in [-0.39, 0.29) is 18.9 Å². The summed E-state index contributed by atoms with van der Waals surface area (Å²) in [6.07, 6.45) is 0.0139. The van der Waals surface area contributed by atoms with Gasteiger partial charge in [-0.1, -0.05) is 12.1 Å². The van der Waals surface area contributed by atoms with Crippen molar-refractivity contribution < 1.29 is 18.8 Å². The Balaban J connectivity index is 1.82. The minimum absolute atomic E-state index is 0.00568. The molecule has 0 aromatic heterocycles. The van der Waals surface area contributed by atoms with Crippen LogP contribution in [0.25, 0.3) is 0 Å². The molecule has 1 aliphatic heterocycles. The number of carbonyl (C=O) groups is 3. The van der Waals surface area contributed by atoms with Gasteiger partial charge in [0.1, 0.15) is 11.9 Å². The Morgan fingerprint density at radius 2 is 2.16 bits per heavy atom. The standard InChI is InChI=1S/C12H12FN3O3/c13-8-3-1-2-7(4-8)5-10(17)14-6-9-11(18)16-12(19)15-9/h1-4,9H,5-6H2,(H,14,17)(H2,15,16,18,19). The molecule has 0 bridgehead atoms. The van der Waals surface area contributed by atoms with Crippen LogP contribution in [0, 0.1) is 5.82 Å². The number of hydrogen-bond acceptors (Lipinski definition) is 3. The summed E-state index contributed by atoms with van der Waals surface area (Å²) < 4.78 is 12.9. The van der Waals surface area contributed by atoms with Gasteiger partial charge in [-0.05, 0) is 17.7 Å². The highest BCUT2D eigenvalue weighted by molar-refractivity contribution is 6.04. The lowest BCUT2D eigenvalue weighted by molar-refractivity contribution is -0.121. The molecule has 19 heavy (non-hydrogen) atoms. The first-order chi connectivity index (χ1) is 9.04. The molecule has 1 atom stereocenters. The van der Waals surface area contributed by atoms with Gasteiger partial charge < -0.3 is 10.6 Å². The van der Waals surface area contributed by atoms with E-state index in [1.807, 2.05) is 0 Å². The molecular weight excluding hydrogens is 253 g/mol. The van der Waals surface area contributed by atoms with Crippen molar-refractivity contribution in [2.45, 2.75) is 12.5 Å². The van der Waals surface area contributed by atoms with Gasteiger partial charge in [-0.3, -0.25) is 14.9 Å². The molecule has 0 spiro atoms. The maximum absolute atomic E-state index is 12.9. The van der Waals surface area contributed by atoms with E-state index in [2.05, 4.69) is 16.0 Å². The first kappa shape index (κ1) is 13.0. The van der Waals surface area contributed by atoms with Gasteiger partial charge in [0, 0.05) is 6.54 Å². The van der Waals surface area contributed by atoms with E-state index in [1.165, 1.54) is 18.2 Å². The molecule has 0 radical (unpaired) electrons. The fourth-order valence-corrected chi connectivity index (χ4v) is 1.71. The minimum atomic E-state index is -0.760. The third-order valence-electron chi connectivity index (χ3n) is 2.62. The molecule has 100 valence electrons. The number of benzene rings is 1. The number of hydrogen-bond donors (Lipinski definition) is 3. The predicted molar refractivity (Wildman–Crippen MR) is 63.6 cm³/mol. The van der Waals surface area contributed by atoms with Crippen LogP contribution < -0.4 is 16.0 Å². The van der Waals surface area contributed by atoms with Gasteiger partial charge in [0.2, 0.25) is 5.91 Å². The summed E-state index contributed by atoms with van der Waals surface area (Å²) in [5, 5.41) is 6.92. The van der Waals surface area contributed by atoms with Crippen LogP contribution in [-0.2, 0) is 16.0 Å². The summed E-state index contributed by atoms with van der Waals surface area (Å²) in [4.78, 5) is 33.6. The van der Waals surface area contributed by atoms with Gasteiger partial charge in [-0.2, -0.15) is 0 Å². The molecule has 4 amide bonds. The molecule has 3 N–H and O–H groups in total. The van der Waals surface area contributed by atoms with Crippen LogP contribution in [0.3, 0.4) is 0 Å². The third-order valence-corrected chi connectivity index (χ3v) is 2.62. The van der Waals surface area contributed by atoms with E-state index in [0.717, 1.165) is 0 Å². The lowest BCUT2D eigenvalue weighted by Gasteiger charge is -2.09. The number of rotatable bonds is 4. The Morgan fingerprint density at radius 3 is 2.79 bits per heavy atom. The van der Waals surface area contributed by atoms with Crippen LogP contribution >= 0.6 is 0 Å². The zero-order valence-electron chi connectivity index (χ0n) is 9.90. The van der Waals surface area contributed by atoms with Gasteiger partial charge in [-0.15, -0.1) is 0 Å². The highest BCUT2D eigenvalue weighted by Gasteiger charge is 2.29. The Bertz CT molecular complexity index is 533. The van der Waals surface area contributed by atoms with Crippen LogP contribution in [0.2, 0.25) is 0 Å². The average molecular weight is 265 g/mol. The van der Waals surface area contributed by atoms with E-state index in [1.54, 1.807) is 6.07 Å². The fraction of sp³-hybridized carbons (Fsp3) is 0.250. The third kappa shape index (κ3) is 3.51. The Morgan fingerprint density at radius 1 is 1.37 bits per heavy atom. The predicted octanol–water partition coefficient (Wildman–Crippen LogP) is -0.308. The van der Waals surface area contributed by atoms with Crippen LogP contribution in [0.5, 0.6) is 0 Å². The second-order valence-electron chi connectivity index (χ2n) is 4.13. The molecule has 1 fully saturated rings. The fourth-order valence-electron chi connectivity index (χ4n) is 1.71. The molecule has 7 heteroatoms. The van der Waals surface area contributed by atoms with E-state index < -0.39 is 23.8 Å². The van der Waals surface area contributed by atoms with Crippen molar-refractivity contribution in [2.24, 2.45) is 0 Å². The highest BCUT2D eigenvalue weighted by Crippen LogP contribution is 2.04. The van der Waals surface area contributed by atoms with Crippen molar-refractivity contribution >= 4 is 17.8 Å².